The van der Waals surface area contributed by atoms with Gasteiger partial charge < -0.3 is 4.74 Å². The predicted octanol–water partition coefficient (Wildman–Crippen LogP) is 3.93. The smallest absolute Gasteiger partial charge is 0.412 e. The third-order valence-corrected chi connectivity index (χ3v) is 4.11. The van der Waals surface area contributed by atoms with Crippen molar-refractivity contribution in [3.8, 4) is 0 Å². The minimum atomic E-state index is -0.605. The zero-order valence-corrected chi connectivity index (χ0v) is 15.3. The summed E-state index contributed by atoms with van der Waals surface area (Å²) in [5.74, 6) is -0.0252. The first kappa shape index (κ1) is 18.6. The molecule has 0 unspecified atom stereocenters. The topological polar surface area (TPSA) is 86.1 Å². The Morgan fingerprint density at radius 2 is 2.07 bits per heavy atom. The van der Waals surface area contributed by atoms with E-state index in [4.69, 9.17) is 16.3 Å². The monoisotopic (exact) mass is 384 g/mol. The van der Waals surface area contributed by atoms with Crippen LogP contribution in [0.5, 0.6) is 0 Å². The van der Waals surface area contributed by atoms with Crippen LogP contribution in [-0.2, 0) is 17.9 Å². The van der Waals surface area contributed by atoms with Gasteiger partial charge in [0.2, 0.25) is 0 Å². The zero-order chi connectivity index (χ0) is 19.2. The van der Waals surface area contributed by atoms with Crippen LogP contribution in [-0.4, -0.2) is 26.6 Å². The van der Waals surface area contributed by atoms with Crippen LogP contribution >= 0.6 is 11.6 Å². The first-order valence-corrected chi connectivity index (χ1v) is 8.54. The van der Waals surface area contributed by atoms with E-state index in [2.05, 4.69) is 15.4 Å². The Kier molecular flexibility index (Phi) is 5.83. The van der Waals surface area contributed by atoms with Gasteiger partial charge in [0, 0.05) is 28.5 Å². The molecule has 0 saturated carbocycles. The van der Waals surface area contributed by atoms with E-state index in [0.717, 1.165) is 5.56 Å². The van der Waals surface area contributed by atoms with Crippen molar-refractivity contribution >= 4 is 29.2 Å². The van der Waals surface area contributed by atoms with Gasteiger partial charge in [0.05, 0.1) is 24.1 Å². The molecule has 1 amide bonds. The van der Waals surface area contributed by atoms with Gasteiger partial charge in [-0.2, -0.15) is 5.10 Å². The van der Waals surface area contributed by atoms with Crippen LogP contribution in [0.25, 0.3) is 0 Å². The summed E-state index contributed by atoms with van der Waals surface area (Å²) in [5, 5.41) is 7.32. The van der Waals surface area contributed by atoms with Gasteiger partial charge in [-0.1, -0.05) is 29.8 Å². The Hall–Kier alpha value is -3.19. The SMILES string of the molecule is CC(=O)c1ccnc(Cn2cc(NC(=O)OCc3ccccc3Cl)cn2)c1. The highest BCUT2D eigenvalue weighted by Gasteiger charge is 2.08. The Morgan fingerprint density at radius 1 is 1.26 bits per heavy atom. The second-order valence-electron chi connectivity index (χ2n) is 5.81. The van der Waals surface area contributed by atoms with Gasteiger partial charge in [0.15, 0.2) is 5.78 Å². The van der Waals surface area contributed by atoms with E-state index >= 15 is 0 Å². The van der Waals surface area contributed by atoms with E-state index in [1.807, 2.05) is 6.07 Å². The number of ketones is 1. The predicted molar refractivity (Wildman–Crippen MR) is 101 cm³/mol. The van der Waals surface area contributed by atoms with Gasteiger partial charge in [-0.05, 0) is 25.1 Å². The molecule has 1 N–H and O–H groups in total. The summed E-state index contributed by atoms with van der Waals surface area (Å²) >= 11 is 6.03. The second-order valence-corrected chi connectivity index (χ2v) is 6.22. The molecule has 0 spiro atoms. The normalized spacial score (nSPS) is 10.4. The quantitative estimate of drug-likeness (QED) is 0.651. The molecular weight excluding hydrogens is 368 g/mol. The van der Waals surface area contributed by atoms with Gasteiger partial charge in [-0.15, -0.1) is 0 Å². The van der Waals surface area contributed by atoms with Gasteiger partial charge >= 0.3 is 6.09 Å². The van der Waals surface area contributed by atoms with E-state index in [1.165, 1.54) is 13.1 Å². The summed E-state index contributed by atoms with van der Waals surface area (Å²) < 4.78 is 6.77. The molecule has 0 radical (unpaired) electrons. The summed E-state index contributed by atoms with van der Waals surface area (Å²) in [6.45, 7) is 1.95. The minimum Gasteiger partial charge on any atom is -0.444 e. The molecule has 0 aliphatic carbocycles. The lowest BCUT2D eigenvalue weighted by Crippen LogP contribution is -2.13. The van der Waals surface area contributed by atoms with Crippen molar-refractivity contribution < 1.29 is 14.3 Å². The number of carbonyl (C=O) groups excluding carboxylic acids is 2. The molecule has 1 aromatic carbocycles. The zero-order valence-electron chi connectivity index (χ0n) is 14.6. The third-order valence-electron chi connectivity index (χ3n) is 3.74. The largest absolute Gasteiger partial charge is 0.444 e. The Labute approximate surface area is 160 Å². The molecule has 0 atom stereocenters. The fraction of sp³-hybridized carbons (Fsp3) is 0.158. The maximum atomic E-state index is 11.9. The number of hydrogen-bond acceptors (Lipinski definition) is 5. The molecule has 0 bridgehead atoms. The molecule has 0 saturated heterocycles. The van der Waals surface area contributed by atoms with Crippen LogP contribution in [0.15, 0.2) is 55.0 Å². The molecule has 2 aromatic heterocycles. The highest BCUT2D eigenvalue weighted by molar-refractivity contribution is 6.31. The number of anilines is 1. The maximum Gasteiger partial charge on any atom is 0.412 e. The summed E-state index contributed by atoms with van der Waals surface area (Å²) in [6, 6.07) is 10.5. The number of nitrogens with one attached hydrogen (secondary N) is 1. The van der Waals surface area contributed by atoms with E-state index in [-0.39, 0.29) is 12.4 Å². The van der Waals surface area contributed by atoms with Gasteiger partial charge in [0.25, 0.3) is 0 Å². The Bertz CT molecular complexity index is 971. The van der Waals surface area contributed by atoms with Gasteiger partial charge in [0.1, 0.15) is 6.61 Å². The van der Waals surface area contributed by atoms with E-state index in [9.17, 15) is 9.59 Å². The van der Waals surface area contributed by atoms with Crippen LogP contribution in [0.1, 0.15) is 28.5 Å². The van der Waals surface area contributed by atoms with E-state index < -0.39 is 6.09 Å². The summed E-state index contributed by atoms with van der Waals surface area (Å²) in [4.78, 5) is 27.6. The lowest BCUT2D eigenvalue weighted by atomic mass is 10.1. The second kappa shape index (κ2) is 8.46. The summed E-state index contributed by atoms with van der Waals surface area (Å²) in [6.07, 6.45) is 4.14. The average Bonchev–Trinajstić information content (AvgIpc) is 3.08. The van der Waals surface area contributed by atoms with Crippen molar-refractivity contribution in [3.63, 3.8) is 0 Å². The molecule has 3 rings (SSSR count). The van der Waals surface area contributed by atoms with Crippen LogP contribution < -0.4 is 5.32 Å². The van der Waals surface area contributed by atoms with Crippen molar-refractivity contribution in [1.82, 2.24) is 14.8 Å². The van der Waals surface area contributed by atoms with Crippen LogP contribution in [0.4, 0.5) is 10.5 Å². The first-order valence-electron chi connectivity index (χ1n) is 8.17. The van der Waals surface area contributed by atoms with Crippen LogP contribution in [0.2, 0.25) is 5.02 Å². The molecule has 7 nitrogen and oxygen atoms in total. The summed E-state index contributed by atoms with van der Waals surface area (Å²) in [7, 11) is 0. The minimum absolute atomic E-state index is 0.0252. The van der Waals surface area contributed by atoms with Gasteiger partial charge in [-0.3, -0.25) is 19.8 Å². The number of aromatic nitrogens is 3. The molecule has 0 aliphatic heterocycles. The van der Waals surface area contributed by atoms with E-state index in [0.29, 0.717) is 28.5 Å². The number of halogens is 1. The molecule has 0 aliphatic rings. The standard InChI is InChI=1S/C19H17ClN4O3/c1-13(25)14-6-7-21-16(8-14)10-24-11-17(9-22-24)23-19(26)27-12-15-4-2-3-5-18(15)20/h2-9,11H,10,12H2,1H3,(H,23,26). The number of amides is 1. The molecule has 8 heteroatoms. The Morgan fingerprint density at radius 3 is 2.85 bits per heavy atom. The summed E-state index contributed by atoms with van der Waals surface area (Å²) in [5.41, 5.74) is 2.50. The molecular formula is C19H17ClN4O3. The fourth-order valence-corrected chi connectivity index (χ4v) is 2.57. The lowest BCUT2D eigenvalue weighted by molar-refractivity contribution is 0.101. The molecule has 3 aromatic rings. The van der Waals surface area contributed by atoms with Crippen molar-refractivity contribution in [3.05, 3.63) is 76.8 Å². The van der Waals surface area contributed by atoms with Crippen molar-refractivity contribution in [2.45, 2.75) is 20.1 Å². The van der Waals surface area contributed by atoms with E-state index in [1.54, 1.807) is 47.4 Å². The number of ether oxygens (including phenoxy) is 1. The highest BCUT2D eigenvalue weighted by Crippen LogP contribution is 2.16. The number of hydrogen-bond donors (Lipinski definition) is 1. The van der Waals surface area contributed by atoms with Crippen molar-refractivity contribution in [1.29, 1.82) is 0 Å². The fourth-order valence-electron chi connectivity index (χ4n) is 2.38. The molecule has 0 fully saturated rings. The molecule has 27 heavy (non-hydrogen) atoms. The maximum absolute atomic E-state index is 11.9. The number of benzene rings is 1. The molecule has 138 valence electrons. The van der Waals surface area contributed by atoms with Crippen molar-refractivity contribution in [2.75, 3.05) is 5.32 Å². The number of nitrogens with zero attached hydrogens (tertiary/aromatic N) is 3. The first-order chi connectivity index (χ1) is 13.0. The van der Waals surface area contributed by atoms with Gasteiger partial charge in [-0.25, -0.2) is 4.79 Å². The van der Waals surface area contributed by atoms with Crippen LogP contribution in [0, 0.1) is 0 Å². The molecule has 2 heterocycles. The van der Waals surface area contributed by atoms with Crippen LogP contribution in [0.3, 0.4) is 0 Å². The number of Topliss-reactive ketones (excluding diaryl/α,β-unsaturated/α-hetero) is 1. The van der Waals surface area contributed by atoms with Crippen molar-refractivity contribution in [2.24, 2.45) is 0 Å². The highest BCUT2D eigenvalue weighted by atomic mass is 35.5. The average molecular weight is 385 g/mol. The lowest BCUT2D eigenvalue weighted by Gasteiger charge is -2.06. The Balaban J connectivity index is 1.56. The number of pyridine rings is 1. The number of rotatable bonds is 6. The number of carbonyl (C=O) groups is 2. The third kappa shape index (κ3) is 5.15.